The van der Waals surface area contributed by atoms with Gasteiger partial charge < -0.3 is 19.6 Å². The summed E-state index contributed by atoms with van der Waals surface area (Å²) >= 11 is 0. The summed E-state index contributed by atoms with van der Waals surface area (Å²) in [6.45, 7) is 12.6. The van der Waals surface area contributed by atoms with Crippen LogP contribution in [-0.4, -0.2) is 18.3 Å². The second kappa shape index (κ2) is 23.4. The van der Waals surface area contributed by atoms with E-state index in [4.69, 9.17) is 4.98 Å². The van der Waals surface area contributed by atoms with Gasteiger partial charge in [-0.3, -0.25) is 4.98 Å². The van der Waals surface area contributed by atoms with Gasteiger partial charge in [0, 0.05) is 57.3 Å². The molecule has 2 aliphatic heterocycles. The fraction of sp³-hybridized carbons (Fsp3) is 0.0854. The molecule has 0 aliphatic carbocycles. The van der Waals surface area contributed by atoms with Crippen molar-refractivity contribution < 1.29 is 0 Å². The van der Waals surface area contributed by atoms with Gasteiger partial charge in [0.1, 0.15) is 0 Å². The van der Waals surface area contributed by atoms with E-state index in [2.05, 4.69) is 339 Å². The first-order valence-corrected chi connectivity index (χ1v) is 30.1. The molecule has 0 amide bonds. The van der Waals surface area contributed by atoms with E-state index < -0.39 is 0 Å². The van der Waals surface area contributed by atoms with E-state index in [0.717, 1.165) is 63.5 Å². The van der Waals surface area contributed by atoms with Crippen molar-refractivity contribution in [3.05, 3.63) is 320 Å². The lowest BCUT2D eigenvalue weighted by Gasteiger charge is -2.24. The molecular formula is C82H67N5. The minimum absolute atomic E-state index is 0.767. The number of nitrogens with zero attached hydrogens (tertiary/aromatic N) is 5. The predicted molar refractivity (Wildman–Crippen MR) is 367 cm³/mol. The minimum atomic E-state index is 0.767. The van der Waals surface area contributed by atoms with Crippen LogP contribution >= 0.6 is 0 Å². The van der Waals surface area contributed by atoms with Crippen molar-refractivity contribution in [2.24, 2.45) is 0 Å². The predicted octanol–water partition coefficient (Wildman–Crippen LogP) is 21.5. The van der Waals surface area contributed by atoms with Crippen molar-refractivity contribution >= 4 is 22.7 Å². The summed E-state index contributed by atoms with van der Waals surface area (Å²) in [4.78, 5) is 14.6. The van der Waals surface area contributed by atoms with Crippen LogP contribution in [0.1, 0.15) is 33.3 Å². The molecule has 5 nitrogen and oxygen atoms in total. The third kappa shape index (κ3) is 10.6. The lowest BCUT2D eigenvalue weighted by Crippen LogP contribution is -2.26. The molecule has 0 saturated heterocycles. The van der Waals surface area contributed by atoms with Crippen LogP contribution in [0, 0.1) is 6.92 Å². The molecule has 1 aromatic heterocycles. The minimum Gasteiger partial charge on any atom is -0.325 e. The van der Waals surface area contributed by atoms with Crippen molar-refractivity contribution in [2.45, 2.75) is 34.6 Å². The standard InChI is InChI=1S/C82H67N5/c1-56-53-83-82(52-81(56)66-35-33-62(34-36-66)61-21-9-6-10-22-61)67-39-37-63(38-40-67)75-27-15-18-30-78(75)68-49-69(79-31-19-16-28-76(79)64-41-45-73(46-42-64)86-54-84(57(2)59(86)4)71-23-11-7-12-24-71)51-70(50-68)80-32-20-17-29-77(80)65-43-47-74(48-44-65)87-55-85(58(3)60(87)5)72-25-13-8-14-26-72/h6-53H,54-55H2,1-5H3. The lowest BCUT2D eigenvalue weighted by atomic mass is 9.86. The molecule has 0 unspecified atom stereocenters. The smallest absolute Gasteiger partial charge is 0.0994 e. The van der Waals surface area contributed by atoms with E-state index in [1.165, 1.54) is 101 Å². The summed E-state index contributed by atoms with van der Waals surface area (Å²) in [6.07, 6.45) is 2.00. The van der Waals surface area contributed by atoms with E-state index in [-0.39, 0.29) is 0 Å². The molecule has 420 valence electrons. The number of benzene rings is 11. The Morgan fingerprint density at radius 1 is 0.230 bits per heavy atom. The van der Waals surface area contributed by atoms with E-state index >= 15 is 0 Å². The summed E-state index contributed by atoms with van der Waals surface area (Å²) < 4.78 is 0. The van der Waals surface area contributed by atoms with Gasteiger partial charge >= 0.3 is 0 Å². The Morgan fingerprint density at radius 2 is 0.494 bits per heavy atom. The van der Waals surface area contributed by atoms with Gasteiger partial charge in [-0.05, 0) is 202 Å². The van der Waals surface area contributed by atoms with Crippen molar-refractivity contribution in [2.75, 3.05) is 32.9 Å². The highest BCUT2D eigenvalue weighted by Gasteiger charge is 2.28. The third-order valence-electron chi connectivity index (χ3n) is 17.9. The monoisotopic (exact) mass is 1120 g/mol. The summed E-state index contributed by atoms with van der Waals surface area (Å²) in [5, 5.41) is 0. The molecule has 0 N–H and O–H groups in total. The molecule has 12 aromatic rings. The number of aromatic nitrogens is 1. The quantitative estimate of drug-likeness (QED) is 0.115. The average Bonchev–Trinajstić information content (AvgIpc) is 4.01. The van der Waals surface area contributed by atoms with Gasteiger partial charge in [0.25, 0.3) is 0 Å². The second-order valence-electron chi connectivity index (χ2n) is 22.9. The van der Waals surface area contributed by atoms with Gasteiger partial charge in [-0.15, -0.1) is 0 Å². The Bertz CT molecular complexity index is 4350. The van der Waals surface area contributed by atoms with Gasteiger partial charge in [-0.2, -0.15) is 0 Å². The van der Waals surface area contributed by atoms with Crippen LogP contribution < -0.4 is 19.6 Å². The first-order chi connectivity index (χ1) is 42.7. The zero-order valence-electron chi connectivity index (χ0n) is 49.9. The highest BCUT2D eigenvalue weighted by molar-refractivity contribution is 5.95. The zero-order chi connectivity index (χ0) is 59.0. The maximum absolute atomic E-state index is 4.97. The molecule has 0 saturated carbocycles. The fourth-order valence-electron chi connectivity index (χ4n) is 12.8. The van der Waals surface area contributed by atoms with Crippen molar-refractivity contribution in [3.8, 4) is 100 Å². The molecule has 3 heterocycles. The average molecular weight is 1120 g/mol. The molecule has 14 rings (SSSR count). The largest absolute Gasteiger partial charge is 0.325 e. The van der Waals surface area contributed by atoms with E-state index in [0.29, 0.717) is 0 Å². The normalized spacial score (nSPS) is 13.3. The van der Waals surface area contributed by atoms with Crippen LogP contribution in [0.25, 0.3) is 100 Å². The maximum Gasteiger partial charge on any atom is 0.0994 e. The van der Waals surface area contributed by atoms with Crippen molar-refractivity contribution in [3.63, 3.8) is 0 Å². The van der Waals surface area contributed by atoms with Crippen LogP contribution in [-0.2, 0) is 0 Å². The first kappa shape index (κ1) is 54.2. The maximum atomic E-state index is 4.97. The highest BCUT2D eigenvalue weighted by Crippen LogP contribution is 2.44. The van der Waals surface area contributed by atoms with Gasteiger partial charge in [-0.1, -0.05) is 212 Å². The van der Waals surface area contributed by atoms with Crippen LogP contribution in [0.5, 0.6) is 0 Å². The van der Waals surface area contributed by atoms with Gasteiger partial charge in [0.2, 0.25) is 0 Å². The lowest BCUT2D eigenvalue weighted by molar-refractivity contribution is 0.938. The van der Waals surface area contributed by atoms with Crippen LogP contribution in [0.2, 0.25) is 0 Å². The number of pyridine rings is 1. The molecule has 0 atom stereocenters. The molecular weight excluding hydrogens is 1050 g/mol. The van der Waals surface area contributed by atoms with E-state index in [1.54, 1.807) is 0 Å². The molecule has 5 heteroatoms. The Labute approximate surface area is 512 Å². The Morgan fingerprint density at radius 3 is 0.862 bits per heavy atom. The molecule has 0 bridgehead atoms. The Kier molecular flexibility index (Phi) is 14.6. The number of hydrogen-bond donors (Lipinski definition) is 0. The topological polar surface area (TPSA) is 25.9 Å². The van der Waals surface area contributed by atoms with Gasteiger partial charge in [-0.25, -0.2) is 0 Å². The van der Waals surface area contributed by atoms with E-state index in [9.17, 15) is 0 Å². The number of allylic oxidation sites excluding steroid dienone is 4. The first-order valence-electron chi connectivity index (χ1n) is 30.1. The fourth-order valence-corrected chi connectivity index (χ4v) is 12.8. The number of aryl methyl sites for hydroxylation is 1. The Balaban J connectivity index is 0.828. The molecule has 11 aromatic carbocycles. The summed E-state index contributed by atoms with van der Waals surface area (Å²) in [5.74, 6) is 0. The van der Waals surface area contributed by atoms with Gasteiger partial charge in [0.15, 0.2) is 0 Å². The van der Waals surface area contributed by atoms with Crippen molar-refractivity contribution in [1.29, 1.82) is 0 Å². The zero-order valence-corrected chi connectivity index (χ0v) is 49.9. The summed E-state index contributed by atoms with van der Waals surface area (Å²) in [5.41, 5.74) is 31.7. The number of para-hydroxylation sites is 2. The Hall–Kier alpha value is -10.8. The third-order valence-corrected chi connectivity index (χ3v) is 17.9. The number of rotatable bonds is 13. The molecule has 0 radical (unpaired) electrons. The molecule has 87 heavy (non-hydrogen) atoms. The van der Waals surface area contributed by atoms with E-state index in [1.807, 2.05) is 6.20 Å². The summed E-state index contributed by atoms with van der Waals surface area (Å²) in [6, 6.07) is 104. The van der Waals surface area contributed by atoms with Crippen molar-refractivity contribution in [1.82, 2.24) is 4.98 Å². The van der Waals surface area contributed by atoms with Crippen LogP contribution in [0.4, 0.5) is 22.7 Å². The number of anilines is 4. The van der Waals surface area contributed by atoms with Crippen LogP contribution in [0.15, 0.2) is 314 Å². The van der Waals surface area contributed by atoms with Gasteiger partial charge in [0.05, 0.1) is 19.0 Å². The van der Waals surface area contributed by atoms with Crippen LogP contribution in [0.3, 0.4) is 0 Å². The SMILES string of the molecule is CC1=C(C)N(c2ccc(-c3ccccc3-c3cc(-c4ccccc4-c4ccc(-c5cc(-c6ccc(-c7ccccc7)cc6)c(C)cn5)cc4)cc(-c4ccccc4-c4ccc(N5CN(c6ccccc6)C(C)=C5C)cc4)c3)cc2)CN1c1ccccc1. The molecule has 0 spiro atoms. The second-order valence-corrected chi connectivity index (χ2v) is 22.9. The highest BCUT2D eigenvalue weighted by atomic mass is 15.4. The molecule has 2 aliphatic rings. The molecule has 0 fully saturated rings. The summed E-state index contributed by atoms with van der Waals surface area (Å²) in [7, 11) is 0. The number of hydrogen-bond acceptors (Lipinski definition) is 5.